The van der Waals surface area contributed by atoms with Crippen molar-refractivity contribution in [2.45, 2.75) is 0 Å². The van der Waals surface area contributed by atoms with Gasteiger partial charge >= 0.3 is 0 Å². The maximum atomic E-state index is 5.18. The first-order valence-electron chi connectivity index (χ1n) is 18.5. The number of anilines is 3. The van der Waals surface area contributed by atoms with E-state index in [1.165, 1.54) is 44.1 Å². The van der Waals surface area contributed by atoms with Crippen molar-refractivity contribution in [1.82, 2.24) is 9.55 Å². The van der Waals surface area contributed by atoms with Crippen LogP contribution in [0.3, 0.4) is 0 Å². The summed E-state index contributed by atoms with van der Waals surface area (Å²) >= 11 is 0. The summed E-state index contributed by atoms with van der Waals surface area (Å²) in [5.41, 5.74) is 15.7. The molecule has 3 heterocycles. The van der Waals surface area contributed by atoms with Gasteiger partial charge in [0, 0.05) is 44.4 Å². The molecule has 0 saturated carbocycles. The molecule has 0 aliphatic carbocycles. The fourth-order valence-corrected chi connectivity index (χ4v) is 8.42. The minimum atomic E-state index is 0.946. The third kappa shape index (κ3) is 4.79. The number of hydrogen-bond acceptors (Lipinski definition) is 2. The van der Waals surface area contributed by atoms with E-state index in [1.807, 2.05) is 0 Å². The Bertz CT molecular complexity index is 3060. The SMILES string of the molecule is c1ccc(-c2cc(-c3ccc4ccccc4n3)cc(N3c4ccccc4-c4c(n(-c5ccc6ccccc6c5)c5ccccc45)-c4ccccc43)c2)cc1. The van der Waals surface area contributed by atoms with Gasteiger partial charge in [-0.25, -0.2) is 4.98 Å². The van der Waals surface area contributed by atoms with Crippen LogP contribution < -0.4 is 4.90 Å². The van der Waals surface area contributed by atoms with Crippen LogP contribution in [0.2, 0.25) is 0 Å². The van der Waals surface area contributed by atoms with E-state index in [9.17, 15) is 0 Å². The Morgan fingerprint density at radius 3 is 1.91 bits per heavy atom. The first-order chi connectivity index (χ1) is 26.8. The molecule has 0 radical (unpaired) electrons. The molecule has 0 amide bonds. The first-order valence-corrected chi connectivity index (χ1v) is 18.5. The number of aromatic nitrogens is 2. The first kappa shape index (κ1) is 30.4. The summed E-state index contributed by atoms with van der Waals surface area (Å²) in [7, 11) is 0. The zero-order valence-electron chi connectivity index (χ0n) is 29.4. The molecule has 0 fully saturated rings. The highest BCUT2D eigenvalue weighted by Crippen LogP contribution is 2.55. The maximum Gasteiger partial charge on any atom is 0.0710 e. The van der Waals surface area contributed by atoms with E-state index in [0.717, 1.165) is 56.0 Å². The zero-order chi connectivity index (χ0) is 35.6. The standard InChI is InChI=1S/C51H33N3/c1-2-14-34(15-3-1)38-30-39(46-29-27-36-17-6-10-22-45(36)52-46)33-41(32-38)53-47-23-11-7-19-42(47)50-43-20-8-12-24-48(43)54(51(50)44-21-9-13-25-49(44)53)40-28-26-35-16-4-5-18-37(35)31-40/h1-33H. The summed E-state index contributed by atoms with van der Waals surface area (Å²) < 4.78 is 2.47. The van der Waals surface area contributed by atoms with Gasteiger partial charge in [0.05, 0.1) is 33.8 Å². The van der Waals surface area contributed by atoms with Gasteiger partial charge in [-0.15, -0.1) is 0 Å². The quantitative estimate of drug-likeness (QED) is 0.184. The summed E-state index contributed by atoms with van der Waals surface area (Å²) in [6.07, 6.45) is 0. The summed E-state index contributed by atoms with van der Waals surface area (Å²) in [4.78, 5) is 7.64. The van der Waals surface area contributed by atoms with Crippen molar-refractivity contribution >= 4 is 49.6 Å². The number of para-hydroxylation sites is 4. The fourth-order valence-electron chi connectivity index (χ4n) is 8.42. The molecule has 0 unspecified atom stereocenters. The molecule has 1 aliphatic heterocycles. The van der Waals surface area contributed by atoms with Crippen LogP contribution in [0, 0.1) is 0 Å². The van der Waals surface area contributed by atoms with Gasteiger partial charge in [0.2, 0.25) is 0 Å². The molecule has 0 N–H and O–H groups in total. The Morgan fingerprint density at radius 2 is 1.04 bits per heavy atom. The summed E-state index contributed by atoms with van der Waals surface area (Å²) in [6, 6.07) is 72.3. The lowest BCUT2D eigenvalue weighted by atomic mass is 9.98. The number of rotatable bonds is 4. The van der Waals surface area contributed by atoms with Gasteiger partial charge in [0.1, 0.15) is 0 Å². The van der Waals surface area contributed by atoms with E-state index in [4.69, 9.17) is 4.98 Å². The fraction of sp³-hybridized carbons (Fsp3) is 0. The normalized spacial score (nSPS) is 12.0. The zero-order valence-corrected chi connectivity index (χ0v) is 29.4. The van der Waals surface area contributed by atoms with Crippen LogP contribution >= 0.6 is 0 Å². The molecule has 8 aromatic carbocycles. The number of benzene rings is 8. The van der Waals surface area contributed by atoms with Gasteiger partial charge in [-0.3, -0.25) is 0 Å². The van der Waals surface area contributed by atoms with Crippen molar-refractivity contribution in [3.05, 3.63) is 200 Å². The number of nitrogens with zero attached hydrogens (tertiary/aromatic N) is 3. The van der Waals surface area contributed by atoms with Crippen molar-refractivity contribution in [3.63, 3.8) is 0 Å². The Balaban J connectivity index is 1.21. The van der Waals surface area contributed by atoms with Crippen molar-refractivity contribution in [3.8, 4) is 50.5 Å². The molecule has 10 aromatic rings. The van der Waals surface area contributed by atoms with Crippen LogP contribution in [0.4, 0.5) is 17.1 Å². The van der Waals surface area contributed by atoms with Crippen molar-refractivity contribution in [2.24, 2.45) is 0 Å². The summed E-state index contributed by atoms with van der Waals surface area (Å²) in [6.45, 7) is 0. The minimum absolute atomic E-state index is 0.946. The Kier molecular flexibility index (Phi) is 6.86. The van der Waals surface area contributed by atoms with Gasteiger partial charge in [0.15, 0.2) is 0 Å². The van der Waals surface area contributed by atoms with Crippen LogP contribution in [0.15, 0.2) is 200 Å². The Labute approximate surface area is 313 Å². The van der Waals surface area contributed by atoms with E-state index < -0.39 is 0 Å². The summed E-state index contributed by atoms with van der Waals surface area (Å²) in [5.74, 6) is 0. The highest BCUT2D eigenvalue weighted by Gasteiger charge is 2.31. The van der Waals surface area contributed by atoms with Crippen LogP contribution in [-0.4, -0.2) is 9.55 Å². The highest BCUT2D eigenvalue weighted by molar-refractivity contribution is 6.13. The molecular formula is C51H33N3. The van der Waals surface area contributed by atoms with Crippen LogP contribution in [-0.2, 0) is 0 Å². The second-order valence-electron chi connectivity index (χ2n) is 14.0. The second-order valence-corrected chi connectivity index (χ2v) is 14.0. The molecule has 3 heteroatoms. The average Bonchev–Trinajstić information content (AvgIpc) is 3.52. The monoisotopic (exact) mass is 687 g/mol. The third-order valence-corrected chi connectivity index (χ3v) is 10.9. The highest BCUT2D eigenvalue weighted by atomic mass is 15.2. The predicted molar refractivity (Wildman–Crippen MR) is 226 cm³/mol. The molecule has 2 aromatic heterocycles. The molecule has 11 rings (SSSR count). The minimum Gasteiger partial charge on any atom is -0.309 e. The van der Waals surface area contributed by atoms with Gasteiger partial charge in [-0.2, -0.15) is 0 Å². The lowest BCUT2D eigenvalue weighted by Crippen LogP contribution is -2.11. The molecule has 1 aliphatic rings. The van der Waals surface area contributed by atoms with Crippen LogP contribution in [0.25, 0.3) is 83.0 Å². The van der Waals surface area contributed by atoms with Gasteiger partial charge < -0.3 is 9.47 Å². The molecule has 0 spiro atoms. The van der Waals surface area contributed by atoms with Crippen LogP contribution in [0.1, 0.15) is 0 Å². The Hall–Kier alpha value is -7.23. The predicted octanol–water partition coefficient (Wildman–Crippen LogP) is 13.8. The van der Waals surface area contributed by atoms with Gasteiger partial charge in [0.25, 0.3) is 0 Å². The lowest BCUT2D eigenvalue weighted by molar-refractivity contribution is 1.14. The molecule has 3 nitrogen and oxygen atoms in total. The van der Waals surface area contributed by atoms with E-state index in [1.54, 1.807) is 0 Å². The average molecular weight is 688 g/mol. The van der Waals surface area contributed by atoms with E-state index in [2.05, 4.69) is 210 Å². The van der Waals surface area contributed by atoms with Crippen molar-refractivity contribution < 1.29 is 0 Å². The van der Waals surface area contributed by atoms with E-state index in [0.29, 0.717) is 0 Å². The molecule has 54 heavy (non-hydrogen) atoms. The number of fused-ring (bicyclic) bond motifs is 9. The molecule has 0 atom stereocenters. The molecular weight excluding hydrogens is 655 g/mol. The molecule has 0 bridgehead atoms. The van der Waals surface area contributed by atoms with E-state index >= 15 is 0 Å². The summed E-state index contributed by atoms with van der Waals surface area (Å²) in [5, 5.41) is 4.81. The number of hydrogen-bond donors (Lipinski definition) is 0. The van der Waals surface area contributed by atoms with E-state index in [-0.39, 0.29) is 0 Å². The molecule has 252 valence electrons. The van der Waals surface area contributed by atoms with Crippen LogP contribution in [0.5, 0.6) is 0 Å². The molecule has 0 saturated heterocycles. The van der Waals surface area contributed by atoms with Gasteiger partial charge in [-0.1, -0.05) is 140 Å². The maximum absolute atomic E-state index is 5.18. The topological polar surface area (TPSA) is 21.1 Å². The van der Waals surface area contributed by atoms with Crippen molar-refractivity contribution in [1.29, 1.82) is 0 Å². The van der Waals surface area contributed by atoms with Gasteiger partial charge in [-0.05, 0) is 82.6 Å². The van der Waals surface area contributed by atoms with Crippen molar-refractivity contribution in [2.75, 3.05) is 4.90 Å². The number of pyridine rings is 1. The second kappa shape index (κ2) is 12.2. The largest absolute Gasteiger partial charge is 0.309 e. The lowest BCUT2D eigenvalue weighted by Gasteiger charge is -2.28. The third-order valence-electron chi connectivity index (χ3n) is 10.9. The Morgan fingerprint density at radius 1 is 0.389 bits per heavy atom. The smallest absolute Gasteiger partial charge is 0.0710 e.